The zero-order valence-corrected chi connectivity index (χ0v) is 12.4. The van der Waals surface area contributed by atoms with Crippen molar-refractivity contribution >= 4 is 27.3 Å². The summed E-state index contributed by atoms with van der Waals surface area (Å²) < 4.78 is 44.4. The SMILES string of the molecule is CCOc1ccc(NS(=O)(=O)CC(C)CCl)cc1F. The first kappa shape index (κ1) is 16.0. The van der Waals surface area contributed by atoms with E-state index in [0.717, 1.165) is 6.07 Å². The summed E-state index contributed by atoms with van der Waals surface area (Å²) in [6.45, 7) is 3.81. The van der Waals surface area contributed by atoms with E-state index in [4.69, 9.17) is 16.3 Å². The van der Waals surface area contributed by atoms with Crippen molar-refractivity contribution in [3.63, 3.8) is 0 Å². The van der Waals surface area contributed by atoms with Gasteiger partial charge in [0.05, 0.1) is 18.0 Å². The second kappa shape index (κ2) is 6.96. The van der Waals surface area contributed by atoms with E-state index in [1.807, 2.05) is 0 Å². The van der Waals surface area contributed by atoms with Gasteiger partial charge in [0.2, 0.25) is 10.0 Å². The summed E-state index contributed by atoms with van der Waals surface area (Å²) in [5, 5.41) is 0. The van der Waals surface area contributed by atoms with Crippen LogP contribution in [0.25, 0.3) is 0 Å². The van der Waals surface area contributed by atoms with E-state index in [1.54, 1.807) is 13.8 Å². The molecule has 1 N–H and O–H groups in total. The molecule has 0 amide bonds. The van der Waals surface area contributed by atoms with Crippen LogP contribution >= 0.6 is 11.6 Å². The first-order valence-corrected chi connectivity index (χ1v) is 8.05. The molecule has 0 aromatic heterocycles. The molecular formula is C12H17ClFNO3S. The summed E-state index contributed by atoms with van der Waals surface area (Å²) in [4.78, 5) is 0. The van der Waals surface area contributed by atoms with Crippen molar-refractivity contribution in [3.05, 3.63) is 24.0 Å². The predicted octanol–water partition coefficient (Wildman–Crippen LogP) is 2.84. The Morgan fingerprint density at radius 2 is 2.16 bits per heavy atom. The summed E-state index contributed by atoms with van der Waals surface area (Å²) in [6.07, 6.45) is 0. The fraction of sp³-hybridized carbons (Fsp3) is 0.500. The van der Waals surface area contributed by atoms with E-state index in [-0.39, 0.29) is 29.0 Å². The van der Waals surface area contributed by atoms with Crippen LogP contribution in [-0.4, -0.2) is 26.7 Å². The second-order valence-electron chi connectivity index (χ2n) is 4.22. The molecule has 0 saturated heterocycles. The number of nitrogens with one attached hydrogen (secondary N) is 1. The van der Waals surface area contributed by atoms with Gasteiger partial charge in [-0.25, -0.2) is 12.8 Å². The van der Waals surface area contributed by atoms with Gasteiger partial charge in [0, 0.05) is 11.9 Å². The van der Waals surface area contributed by atoms with Crippen LogP contribution in [-0.2, 0) is 10.0 Å². The number of benzene rings is 1. The molecule has 0 aliphatic carbocycles. The molecule has 1 atom stereocenters. The lowest BCUT2D eigenvalue weighted by molar-refractivity contribution is 0.321. The molecule has 0 fully saturated rings. The van der Waals surface area contributed by atoms with Crippen LogP contribution in [0.4, 0.5) is 10.1 Å². The average Bonchev–Trinajstić information content (AvgIpc) is 2.31. The van der Waals surface area contributed by atoms with Crippen molar-refractivity contribution in [2.45, 2.75) is 13.8 Å². The fourth-order valence-electron chi connectivity index (χ4n) is 1.48. The summed E-state index contributed by atoms with van der Waals surface area (Å²) in [7, 11) is -3.53. The first-order valence-electron chi connectivity index (χ1n) is 5.86. The number of alkyl halides is 1. The van der Waals surface area contributed by atoms with Crippen LogP contribution in [0.3, 0.4) is 0 Å². The number of hydrogen-bond donors (Lipinski definition) is 1. The summed E-state index contributed by atoms with van der Waals surface area (Å²) >= 11 is 5.57. The van der Waals surface area contributed by atoms with Crippen LogP contribution in [0, 0.1) is 11.7 Å². The zero-order chi connectivity index (χ0) is 14.5. The monoisotopic (exact) mass is 309 g/mol. The molecule has 1 aromatic carbocycles. The molecule has 7 heteroatoms. The molecule has 0 heterocycles. The normalized spacial score (nSPS) is 13.1. The number of sulfonamides is 1. The third kappa shape index (κ3) is 5.24. The maximum Gasteiger partial charge on any atom is 0.233 e. The van der Waals surface area contributed by atoms with Gasteiger partial charge >= 0.3 is 0 Å². The van der Waals surface area contributed by atoms with Crippen molar-refractivity contribution in [1.29, 1.82) is 0 Å². The standard InChI is InChI=1S/C12H17ClFNO3S/c1-3-18-12-5-4-10(6-11(12)14)15-19(16,17)8-9(2)7-13/h4-6,9,15H,3,7-8H2,1-2H3. The Bertz CT molecular complexity index is 522. The Hall–Kier alpha value is -1.01. The molecule has 0 aliphatic heterocycles. The molecule has 1 aromatic rings. The molecule has 19 heavy (non-hydrogen) atoms. The van der Waals surface area contributed by atoms with Gasteiger partial charge in [-0.3, -0.25) is 4.72 Å². The highest BCUT2D eigenvalue weighted by molar-refractivity contribution is 7.92. The lowest BCUT2D eigenvalue weighted by Gasteiger charge is -2.12. The van der Waals surface area contributed by atoms with Gasteiger partial charge in [-0.1, -0.05) is 6.92 Å². The van der Waals surface area contributed by atoms with Gasteiger partial charge in [0.25, 0.3) is 0 Å². The van der Waals surface area contributed by atoms with Crippen molar-refractivity contribution in [3.8, 4) is 5.75 Å². The molecule has 0 spiro atoms. The summed E-state index contributed by atoms with van der Waals surface area (Å²) in [5.74, 6) is -0.539. The van der Waals surface area contributed by atoms with Gasteiger partial charge in [-0.2, -0.15) is 0 Å². The Morgan fingerprint density at radius 1 is 1.47 bits per heavy atom. The lowest BCUT2D eigenvalue weighted by atomic mass is 10.3. The molecule has 0 aliphatic rings. The first-order chi connectivity index (χ1) is 8.88. The molecule has 4 nitrogen and oxygen atoms in total. The molecule has 0 radical (unpaired) electrons. The minimum atomic E-state index is -3.53. The van der Waals surface area contributed by atoms with E-state index < -0.39 is 15.8 Å². The van der Waals surface area contributed by atoms with Crippen LogP contribution < -0.4 is 9.46 Å². The fourth-order valence-corrected chi connectivity index (χ4v) is 3.15. The van der Waals surface area contributed by atoms with Gasteiger partial charge in [-0.15, -0.1) is 11.6 Å². The van der Waals surface area contributed by atoms with Crippen LogP contribution in [0.15, 0.2) is 18.2 Å². The number of rotatable bonds is 7. The Labute approximate surface area is 118 Å². The number of anilines is 1. The predicted molar refractivity (Wildman–Crippen MR) is 74.9 cm³/mol. The Morgan fingerprint density at radius 3 is 2.68 bits per heavy atom. The Kier molecular flexibility index (Phi) is 5.87. The minimum absolute atomic E-state index is 0.0968. The largest absolute Gasteiger partial charge is 0.491 e. The number of hydrogen-bond acceptors (Lipinski definition) is 3. The zero-order valence-electron chi connectivity index (χ0n) is 10.8. The molecular weight excluding hydrogens is 293 g/mol. The van der Waals surface area contributed by atoms with E-state index in [0.29, 0.717) is 6.61 Å². The molecule has 0 bridgehead atoms. The lowest BCUT2D eigenvalue weighted by Crippen LogP contribution is -2.22. The van der Waals surface area contributed by atoms with Crippen molar-refractivity contribution in [1.82, 2.24) is 0 Å². The van der Waals surface area contributed by atoms with Crippen LogP contribution in [0.1, 0.15) is 13.8 Å². The van der Waals surface area contributed by atoms with Gasteiger partial charge in [0.15, 0.2) is 11.6 Å². The van der Waals surface area contributed by atoms with Crippen LogP contribution in [0.5, 0.6) is 5.75 Å². The van der Waals surface area contributed by atoms with E-state index in [1.165, 1.54) is 12.1 Å². The molecule has 108 valence electrons. The topological polar surface area (TPSA) is 55.4 Å². The number of halogens is 2. The van der Waals surface area contributed by atoms with Crippen molar-refractivity contribution in [2.75, 3.05) is 23.0 Å². The van der Waals surface area contributed by atoms with Gasteiger partial charge in [-0.05, 0) is 25.0 Å². The molecule has 0 saturated carbocycles. The summed E-state index contributed by atoms with van der Waals surface area (Å²) in [5.41, 5.74) is 0.169. The smallest absolute Gasteiger partial charge is 0.233 e. The molecule has 1 rings (SSSR count). The van der Waals surface area contributed by atoms with Crippen LogP contribution in [0.2, 0.25) is 0 Å². The maximum absolute atomic E-state index is 13.6. The van der Waals surface area contributed by atoms with Crippen molar-refractivity contribution in [2.24, 2.45) is 5.92 Å². The number of ether oxygens (including phenoxy) is 1. The third-order valence-electron chi connectivity index (χ3n) is 2.27. The average molecular weight is 310 g/mol. The third-order valence-corrected chi connectivity index (χ3v) is 4.35. The minimum Gasteiger partial charge on any atom is -0.491 e. The van der Waals surface area contributed by atoms with E-state index >= 15 is 0 Å². The quantitative estimate of drug-likeness (QED) is 0.788. The summed E-state index contributed by atoms with van der Waals surface area (Å²) in [6, 6.07) is 3.94. The second-order valence-corrected chi connectivity index (χ2v) is 6.30. The highest BCUT2D eigenvalue weighted by atomic mass is 35.5. The van der Waals surface area contributed by atoms with Gasteiger partial charge < -0.3 is 4.74 Å². The van der Waals surface area contributed by atoms with E-state index in [2.05, 4.69) is 4.72 Å². The highest BCUT2D eigenvalue weighted by Gasteiger charge is 2.16. The highest BCUT2D eigenvalue weighted by Crippen LogP contribution is 2.22. The maximum atomic E-state index is 13.6. The molecule has 1 unspecified atom stereocenters. The van der Waals surface area contributed by atoms with Gasteiger partial charge in [0.1, 0.15) is 0 Å². The van der Waals surface area contributed by atoms with E-state index in [9.17, 15) is 12.8 Å². The Balaban J connectivity index is 2.80. The van der Waals surface area contributed by atoms with Crippen molar-refractivity contribution < 1.29 is 17.5 Å².